The largest absolute Gasteiger partial charge is 0.478 e. The van der Waals surface area contributed by atoms with Gasteiger partial charge in [0.1, 0.15) is 0 Å². The maximum Gasteiger partial charge on any atom is 0.416 e. The number of aromatic carboxylic acids is 1. The molecule has 0 saturated heterocycles. The maximum atomic E-state index is 13.9. The first-order valence-electron chi connectivity index (χ1n) is 13.6. The number of amides is 1. The number of fused-ring (bicyclic) bond motifs is 1. The van der Waals surface area contributed by atoms with E-state index in [0.717, 1.165) is 24.3 Å². The van der Waals surface area contributed by atoms with Crippen LogP contribution in [-0.2, 0) is 18.3 Å². The summed E-state index contributed by atoms with van der Waals surface area (Å²) < 4.78 is 68.5. The molecule has 6 rings (SSSR count). The van der Waals surface area contributed by atoms with E-state index in [9.17, 15) is 36.6 Å². The van der Waals surface area contributed by atoms with Crippen molar-refractivity contribution >= 4 is 34.2 Å². The Labute approximate surface area is 247 Å². The summed E-state index contributed by atoms with van der Waals surface area (Å²) in [6.45, 7) is 0.129. The van der Waals surface area contributed by atoms with Crippen LogP contribution in [0.5, 0.6) is 0 Å². The van der Waals surface area contributed by atoms with Gasteiger partial charge in [-0.2, -0.15) is 13.2 Å². The molecule has 11 heteroatoms. The van der Waals surface area contributed by atoms with Gasteiger partial charge < -0.3 is 20.3 Å². The molecule has 1 fully saturated rings. The molecule has 1 heterocycles. The van der Waals surface area contributed by atoms with Crippen LogP contribution in [0.3, 0.4) is 0 Å². The Bertz CT molecular complexity index is 1910. The first kappa shape index (κ1) is 28.9. The number of halogens is 5. The van der Waals surface area contributed by atoms with Crippen LogP contribution >= 0.6 is 0 Å². The van der Waals surface area contributed by atoms with Gasteiger partial charge in [-0.1, -0.05) is 30.3 Å². The summed E-state index contributed by atoms with van der Waals surface area (Å²) in [6.07, 6.45) is -1.73. The Morgan fingerprint density at radius 1 is 0.864 bits per heavy atom. The number of rotatable bonds is 8. The average molecular weight is 606 g/mol. The van der Waals surface area contributed by atoms with Crippen molar-refractivity contribution in [3.63, 3.8) is 0 Å². The van der Waals surface area contributed by atoms with E-state index >= 15 is 0 Å². The number of nitrogens with one attached hydrogen (secondary N) is 2. The number of alkyl halides is 3. The Kier molecular flexibility index (Phi) is 7.11. The van der Waals surface area contributed by atoms with Gasteiger partial charge >= 0.3 is 12.1 Å². The molecule has 5 aromatic rings. The lowest BCUT2D eigenvalue weighted by atomic mass is 9.97. The molecule has 6 nitrogen and oxygen atoms in total. The highest BCUT2D eigenvalue weighted by Gasteiger charge is 2.48. The second kappa shape index (κ2) is 10.8. The van der Waals surface area contributed by atoms with Crippen molar-refractivity contribution in [3.05, 3.63) is 131 Å². The zero-order valence-corrected chi connectivity index (χ0v) is 22.9. The third-order valence-electron chi connectivity index (χ3n) is 7.78. The van der Waals surface area contributed by atoms with Gasteiger partial charge in [-0.3, -0.25) is 4.79 Å². The molecule has 44 heavy (non-hydrogen) atoms. The van der Waals surface area contributed by atoms with Gasteiger partial charge in [-0.05, 0) is 72.5 Å². The van der Waals surface area contributed by atoms with E-state index < -0.39 is 40.8 Å². The molecule has 4 aromatic carbocycles. The van der Waals surface area contributed by atoms with E-state index in [1.807, 2.05) is 0 Å². The Morgan fingerprint density at radius 2 is 1.59 bits per heavy atom. The highest BCUT2D eigenvalue weighted by atomic mass is 19.4. The van der Waals surface area contributed by atoms with E-state index in [-0.39, 0.29) is 23.4 Å². The summed E-state index contributed by atoms with van der Waals surface area (Å²) in [5.41, 5.74) is 0.908. The number of benzene rings is 4. The molecule has 3 N–H and O–H groups in total. The molecule has 1 saturated carbocycles. The van der Waals surface area contributed by atoms with Gasteiger partial charge in [0.05, 0.1) is 27.7 Å². The Morgan fingerprint density at radius 3 is 2.25 bits per heavy atom. The molecular weight excluding hydrogens is 581 g/mol. The van der Waals surface area contributed by atoms with Crippen LogP contribution in [0.2, 0.25) is 0 Å². The predicted octanol–water partition coefficient (Wildman–Crippen LogP) is 7.85. The van der Waals surface area contributed by atoms with Crippen LogP contribution in [0, 0.1) is 11.6 Å². The molecule has 1 aromatic heterocycles. The molecule has 1 aliphatic rings. The average Bonchev–Trinajstić information content (AvgIpc) is 3.65. The highest BCUT2D eigenvalue weighted by molar-refractivity contribution is 6.10. The number of carbonyl (C=O) groups excluding carboxylic acids is 1. The smallest absolute Gasteiger partial charge is 0.416 e. The summed E-state index contributed by atoms with van der Waals surface area (Å²) in [6, 6.07) is 19.4. The summed E-state index contributed by atoms with van der Waals surface area (Å²) >= 11 is 0. The Balaban J connectivity index is 1.40. The lowest BCUT2D eigenvalue weighted by molar-refractivity contribution is -0.137. The van der Waals surface area contributed by atoms with E-state index in [1.165, 1.54) is 24.3 Å². The van der Waals surface area contributed by atoms with Crippen LogP contribution in [0.25, 0.3) is 10.9 Å². The van der Waals surface area contributed by atoms with Gasteiger partial charge in [-0.15, -0.1) is 0 Å². The molecule has 1 amide bonds. The standard InChI is InChI=1S/C33H24F5N3O3/c34-26-11-9-21(17-27(26)35)39-28-12-10-24(30(42)40-32(14-15-32)25-4-2-1-3-22(25)31(43)44)29-23(28)13-16-41(29)18-19-5-7-20(8-6-19)33(36,37)38/h1-13,16-17,39H,14-15,18H2,(H,40,42)(H,43,44). The monoisotopic (exact) mass is 605 g/mol. The third-order valence-corrected chi connectivity index (χ3v) is 7.78. The lowest BCUT2D eigenvalue weighted by Gasteiger charge is -2.21. The second-order valence-electron chi connectivity index (χ2n) is 10.7. The van der Waals surface area contributed by atoms with E-state index in [0.29, 0.717) is 40.6 Å². The molecule has 224 valence electrons. The number of nitrogens with zero attached hydrogens (tertiary/aromatic N) is 1. The minimum absolute atomic E-state index is 0.0900. The minimum atomic E-state index is -4.48. The van der Waals surface area contributed by atoms with E-state index in [4.69, 9.17) is 0 Å². The van der Waals surface area contributed by atoms with Crippen LogP contribution in [0.1, 0.15) is 50.2 Å². The van der Waals surface area contributed by atoms with Gasteiger partial charge in [0.25, 0.3) is 5.91 Å². The zero-order valence-electron chi connectivity index (χ0n) is 22.9. The van der Waals surface area contributed by atoms with Crippen LogP contribution in [-0.4, -0.2) is 21.6 Å². The van der Waals surface area contributed by atoms with Crippen molar-refractivity contribution in [2.45, 2.75) is 31.1 Å². The number of hydrogen-bond acceptors (Lipinski definition) is 3. The number of anilines is 2. The van der Waals surface area contributed by atoms with Gasteiger partial charge in [0.15, 0.2) is 11.6 Å². The molecule has 0 aliphatic heterocycles. The maximum absolute atomic E-state index is 13.9. The normalized spacial score (nSPS) is 13.9. The van der Waals surface area contributed by atoms with Crippen molar-refractivity contribution in [1.29, 1.82) is 0 Å². The summed E-state index contributed by atoms with van der Waals surface area (Å²) in [4.78, 5) is 25.8. The SMILES string of the molecule is O=C(O)c1ccccc1C1(NC(=O)c2ccc(Nc3ccc(F)c(F)c3)c3ccn(Cc4ccc(C(F)(F)F)cc4)c23)CC1. The molecular formula is C33H24F5N3O3. The number of aromatic nitrogens is 1. The third kappa shape index (κ3) is 5.48. The summed E-state index contributed by atoms with van der Waals surface area (Å²) in [5, 5.41) is 16.3. The van der Waals surface area contributed by atoms with Crippen molar-refractivity contribution in [1.82, 2.24) is 9.88 Å². The number of carbonyl (C=O) groups is 2. The number of hydrogen-bond donors (Lipinski definition) is 3. The van der Waals surface area contributed by atoms with Crippen molar-refractivity contribution < 1.29 is 36.6 Å². The topological polar surface area (TPSA) is 83.4 Å². The fourth-order valence-electron chi connectivity index (χ4n) is 5.43. The first-order chi connectivity index (χ1) is 20.9. The Hall–Kier alpha value is -5.19. The van der Waals surface area contributed by atoms with E-state index in [2.05, 4.69) is 10.6 Å². The summed E-state index contributed by atoms with van der Waals surface area (Å²) in [7, 11) is 0. The number of carboxylic acid groups (broad SMARTS) is 1. The minimum Gasteiger partial charge on any atom is -0.478 e. The van der Waals surface area contributed by atoms with E-state index in [1.54, 1.807) is 47.2 Å². The zero-order chi connectivity index (χ0) is 31.2. The molecule has 1 aliphatic carbocycles. The molecule has 0 atom stereocenters. The van der Waals surface area contributed by atoms with Gasteiger partial charge in [-0.25, -0.2) is 13.6 Å². The highest BCUT2D eigenvalue weighted by Crippen LogP contribution is 2.47. The first-order valence-corrected chi connectivity index (χ1v) is 13.6. The fraction of sp³-hybridized carbons (Fsp3) is 0.152. The molecule has 0 spiro atoms. The van der Waals surface area contributed by atoms with Crippen LogP contribution < -0.4 is 10.6 Å². The lowest BCUT2D eigenvalue weighted by Crippen LogP contribution is -2.36. The van der Waals surface area contributed by atoms with Crippen LogP contribution in [0.15, 0.2) is 91.1 Å². The van der Waals surface area contributed by atoms with Crippen molar-refractivity contribution in [2.24, 2.45) is 0 Å². The summed E-state index contributed by atoms with van der Waals surface area (Å²) in [5.74, 6) is -3.63. The predicted molar refractivity (Wildman–Crippen MR) is 154 cm³/mol. The number of carboxylic acids is 1. The fourth-order valence-corrected chi connectivity index (χ4v) is 5.43. The van der Waals surface area contributed by atoms with Crippen molar-refractivity contribution in [2.75, 3.05) is 5.32 Å². The van der Waals surface area contributed by atoms with Crippen LogP contribution in [0.4, 0.5) is 33.3 Å². The second-order valence-corrected chi connectivity index (χ2v) is 10.7. The quantitative estimate of drug-likeness (QED) is 0.157. The van der Waals surface area contributed by atoms with Gasteiger partial charge in [0.2, 0.25) is 0 Å². The van der Waals surface area contributed by atoms with Gasteiger partial charge in [0, 0.05) is 35.6 Å². The molecule has 0 unspecified atom stereocenters. The molecule has 0 radical (unpaired) electrons. The molecule has 0 bridgehead atoms. The van der Waals surface area contributed by atoms with Crippen molar-refractivity contribution in [3.8, 4) is 0 Å².